The van der Waals surface area contributed by atoms with Crippen LogP contribution in [0.25, 0.3) is 11.1 Å². The fourth-order valence-corrected chi connectivity index (χ4v) is 4.33. The van der Waals surface area contributed by atoms with E-state index in [1.165, 1.54) is 4.88 Å². The molecule has 0 aromatic carbocycles. The lowest BCUT2D eigenvalue weighted by Gasteiger charge is -2.12. The molecule has 4 rings (SSSR count). The predicted octanol–water partition coefficient (Wildman–Crippen LogP) is 4.68. The standard InChI is InChI=1S/C19H17ClFN3OS/c1-2-12-17-19(25-18(12)13-6-10(21)7-14(13)22)15(8-16(20)24-17)23-9-11-4-3-5-26-11/h1,3-5,8,10,13-14H,6-7,9,22H2,(H,23,24)/t10-,13+,14+/m1/s1. The third-order valence-corrected chi connectivity index (χ3v) is 5.78. The molecule has 3 heterocycles. The van der Waals surface area contributed by atoms with E-state index < -0.39 is 6.17 Å². The first-order valence-corrected chi connectivity index (χ1v) is 9.58. The van der Waals surface area contributed by atoms with Crippen molar-refractivity contribution in [1.82, 2.24) is 4.98 Å². The predicted molar refractivity (Wildman–Crippen MR) is 103 cm³/mol. The molecule has 134 valence electrons. The lowest BCUT2D eigenvalue weighted by atomic mass is 9.98. The number of aromatic nitrogens is 1. The van der Waals surface area contributed by atoms with Crippen LogP contribution < -0.4 is 11.1 Å². The topological polar surface area (TPSA) is 64.1 Å². The number of nitrogens with zero attached hydrogens (tertiary/aromatic N) is 1. The van der Waals surface area contributed by atoms with Crippen LogP contribution in [0, 0.1) is 12.3 Å². The van der Waals surface area contributed by atoms with E-state index in [0.717, 1.165) is 0 Å². The van der Waals surface area contributed by atoms with Gasteiger partial charge in [-0.2, -0.15) is 0 Å². The molecule has 3 atom stereocenters. The Bertz CT molecular complexity index is 979. The number of halogens is 2. The Morgan fingerprint density at radius 1 is 1.50 bits per heavy atom. The zero-order valence-corrected chi connectivity index (χ0v) is 15.4. The highest BCUT2D eigenvalue weighted by atomic mass is 35.5. The Hall–Kier alpha value is -2.07. The van der Waals surface area contributed by atoms with Gasteiger partial charge in [0.25, 0.3) is 0 Å². The van der Waals surface area contributed by atoms with Gasteiger partial charge in [0.05, 0.1) is 11.3 Å². The smallest absolute Gasteiger partial charge is 0.177 e. The second-order valence-electron chi connectivity index (χ2n) is 6.43. The van der Waals surface area contributed by atoms with Crippen LogP contribution in [0.3, 0.4) is 0 Å². The van der Waals surface area contributed by atoms with Gasteiger partial charge in [-0.15, -0.1) is 17.8 Å². The molecule has 0 aliphatic heterocycles. The van der Waals surface area contributed by atoms with Gasteiger partial charge in [0.15, 0.2) is 5.58 Å². The summed E-state index contributed by atoms with van der Waals surface area (Å²) in [6, 6.07) is 5.41. The summed E-state index contributed by atoms with van der Waals surface area (Å²) in [7, 11) is 0. The first kappa shape index (κ1) is 17.3. The first-order chi connectivity index (χ1) is 12.6. The van der Waals surface area contributed by atoms with Crippen LogP contribution >= 0.6 is 22.9 Å². The van der Waals surface area contributed by atoms with Gasteiger partial charge in [-0.05, 0) is 24.3 Å². The van der Waals surface area contributed by atoms with Crippen LogP contribution in [0.15, 0.2) is 28.0 Å². The maximum Gasteiger partial charge on any atom is 0.177 e. The summed E-state index contributed by atoms with van der Waals surface area (Å²) in [6.45, 7) is 0.629. The molecular weight excluding hydrogens is 373 g/mol. The van der Waals surface area contributed by atoms with E-state index in [-0.39, 0.29) is 12.0 Å². The van der Waals surface area contributed by atoms with E-state index in [1.54, 1.807) is 17.4 Å². The second kappa shape index (κ2) is 6.92. The molecule has 1 fully saturated rings. The average Bonchev–Trinajstić information content (AvgIpc) is 3.31. The number of thiophene rings is 1. The maximum atomic E-state index is 13.8. The second-order valence-corrected chi connectivity index (χ2v) is 7.85. The number of nitrogens with one attached hydrogen (secondary N) is 1. The molecule has 1 aliphatic carbocycles. The summed E-state index contributed by atoms with van der Waals surface area (Å²) in [6.07, 6.45) is 5.39. The van der Waals surface area contributed by atoms with E-state index in [2.05, 4.69) is 16.2 Å². The van der Waals surface area contributed by atoms with Gasteiger partial charge in [-0.25, -0.2) is 9.37 Å². The molecule has 3 aromatic heterocycles. The minimum Gasteiger partial charge on any atom is -0.455 e. The minimum absolute atomic E-state index is 0.255. The molecule has 26 heavy (non-hydrogen) atoms. The lowest BCUT2D eigenvalue weighted by Crippen LogP contribution is -2.23. The SMILES string of the molecule is C#Cc1c([C@H]2C[C@@H](F)C[C@@H]2N)oc2c(NCc3cccs3)cc(Cl)nc12. The molecule has 7 heteroatoms. The number of pyridine rings is 1. The molecule has 1 saturated carbocycles. The van der Waals surface area contributed by atoms with Crippen LogP contribution in [0.4, 0.5) is 10.1 Å². The van der Waals surface area contributed by atoms with Gasteiger partial charge < -0.3 is 15.5 Å². The molecule has 0 saturated heterocycles. The number of nitrogens with two attached hydrogens (primary N) is 1. The van der Waals surface area contributed by atoms with E-state index in [0.29, 0.717) is 52.7 Å². The van der Waals surface area contributed by atoms with Crippen molar-refractivity contribution in [3.8, 4) is 12.3 Å². The average molecular weight is 390 g/mol. The van der Waals surface area contributed by atoms with Crippen molar-refractivity contribution in [2.24, 2.45) is 5.73 Å². The minimum atomic E-state index is -0.943. The Morgan fingerprint density at radius 3 is 3.00 bits per heavy atom. The van der Waals surface area contributed by atoms with Crippen molar-refractivity contribution in [1.29, 1.82) is 0 Å². The Kier molecular flexibility index (Phi) is 4.62. The number of fused-ring (bicyclic) bond motifs is 1. The fourth-order valence-electron chi connectivity index (χ4n) is 3.49. The molecule has 0 unspecified atom stereocenters. The Balaban J connectivity index is 1.78. The number of rotatable bonds is 4. The summed E-state index contributed by atoms with van der Waals surface area (Å²) >= 11 is 7.84. The first-order valence-electron chi connectivity index (χ1n) is 8.32. The number of hydrogen-bond acceptors (Lipinski definition) is 5. The third-order valence-electron chi connectivity index (χ3n) is 4.71. The Morgan fingerprint density at radius 2 is 2.35 bits per heavy atom. The van der Waals surface area contributed by atoms with Gasteiger partial charge in [0, 0.05) is 29.4 Å². The quantitative estimate of drug-likeness (QED) is 0.502. The number of terminal acetylenes is 1. The van der Waals surface area contributed by atoms with E-state index in [9.17, 15) is 4.39 Å². The number of alkyl halides is 1. The summed E-state index contributed by atoms with van der Waals surface area (Å²) in [5, 5.41) is 5.65. The number of furan rings is 1. The Labute approximate surface area is 159 Å². The van der Waals surface area contributed by atoms with E-state index in [4.69, 9.17) is 28.2 Å². The zero-order valence-electron chi connectivity index (χ0n) is 13.8. The molecule has 3 aromatic rings. The zero-order chi connectivity index (χ0) is 18.3. The number of anilines is 1. The summed E-state index contributed by atoms with van der Waals surface area (Å²) in [4.78, 5) is 5.52. The van der Waals surface area contributed by atoms with E-state index >= 15 is 0 Å². The largest absolute Gasteiger partial charge is 0.455 e. The molecule has 0 bridgehead atoms. The van der Waals surface area contributed by atoms with Crippen LogP contribution in [0.2, 0.25) is 5.15 Å². The van der Waals surface area contributed by atoms with Gasteiger partial charge >= 0.3 is 0 Å². The van der Waals surface area contributed by atoms with Gasteiger partial charge in [-0.1, -0.05) is 23.6 Å². The summed E-state index contributed by atoms with van der Waals surface area (Å²) in [5.41, 5.74) is 8.37. The van der Waals surface area contributed by atoms with Crippen LogP contribution in [0.5, 0.6) is 0 Å². The fraction of sp³-hybridized carbons (Fsp3) is 0.316. The van der Waals surface area contributed by atoms with Gasteiger partial charge in [-0.3, -0.25) is 0 Å². The highest BCUT2D eigenvalue weighted by Crippen LogP contribution is 2.42. The highest BCUT2D eigenvalue weighted by molar-refractivity contribution is 7.09. The van der Waals surface area contributed by atoms with Crippen molar-refractivity contribution in [2.45, 2.75) is 37.5 Å². The summed E-state index contributed by atoms with van der Waals surface area (Å²) < 4.78 is 19.9. The van der Waals surface area contributed by atoms with Crippen LogP contribution in [-0.4, -0.2) is 17.2 Å². The molecular formula is C19H17ClFN3OS. The van der Waals surface area contributed by atoms with Gasteiger partial charge in [0.2, 0.25) is 0 Å². The lowest BCUT2D eigenvalue weighted by molar-refractivity contribution is 0.334. The maximum absolute atomic E-state index is 13.8. The molecule has 0 spiro atoms. The molecule has 1 aliphatic rings. The van der Waals surface area contributed by atoms with Crippen molar-refractivity contribution >= 4 is 39.7 Å². The third kappa shape index (κ3) is 3.07. The van der Waals surface area contributed by atoms with Crippen LogP contribution in [0.1, 0.15) is 35.0 Å². The molecule has 0 radical (unpaired) electrons. The highest BCUT2D eigenvalue weighted by Gasteiger charge is 2.37. The normalized spacial score (nSPS) is 22.6. The molecule has 0 amide bonds. The monoisotopic (exact) mass is 389 g/mol. The molecule has 4 nitrogen and oxygen atoms in total. The van der Waals surface area contributed by atoms with E-state index in [1.807, 2.05) is 17.5 Å². The van der Waals surface area contributed by atoms with Crippen molar-refractivity contribution in [3.05, 3.63) is 44.9 Å². The summed E-state index contributed by atoms with van der Waals surface area (Å²) in [5.74, 6) is 2.91. The van der Waals surface area contributed by atoms with Crippen LogP contribution in [-0.2, 0) is 6.54 Å². The molecule has 3 N–H and O–H groups in total. The van der Waals surface area contributed by atoms with Gasteiger partial charge in [0.1, 0.15) is 22.6 Å². The number of hydrogen-bond donors (Lipinski definition) is 2. The van der Waals surface area contributed by atoms with Crippen molar-refractivity contribution in [3.63, 3.8) is 0 Å². The van der Waals surface area contributed by atoms with Crippen molar-refractivity contribution in [2.75, 3.05) is 5.32 Å². The van der Waals surface area contributed by atoms with Crippen molar-refractivity contribution < 1.29 is 8.81 Å².